The summed E-state index contributed by atoms with van der Waals surface area (Å²) in [6.45, 7) is 1.61. The van der Waals surface area contributed by atoms with Gasteiger partial charge in [-0.3, -0.25) is 9.59 Å². The maximum absolute atomic E-state index is 12.0. The first kappa shape index (κ1) is 20.5. The number of halogens is 1. The summed E-state index contributed by atoms with van der Waals surface area (Å²) < 4.78 is 5.48. The maximum atomic E-state index is 12.0. The van der Waals surface area contributed by atoms with Gasteiger partial charge < -0.3 is 20.7 Å². The largest absolute Gasteiger partial charge is 0.484 e. The van der Waals surface area contributed by atoms with Gasteiger partial charge in [-0.25, -0.2) is 0 Å². The van der Waals surface area contributed by atoms with E-state index < -0.39 is 0 Å². The molecule has 2 fully saturated rings. The van der Waals surface area contributed by atoms with Crippen LogP contribution in [0.5, 0.6) is 5.75 Å². The molecule has 1 saturated heterocycles. The van der Waals surface area contributed by atoms with E-state index in [0.717, 1.165) is 50.6 Å². The highest BCUT2D eigenvalue weighted by atomic mass is 35.5. The van der Waals surface area contributed by atoms with Gasteiger partial charge in [0.2, 0.25) is 5.91 Å². The molecule has 6 nitrogen and oxygen atoms in total. The second kappa shape index (κ2) is 10.4. The molecule has 26 heavy (non-hydrogen) atoms. The fourth-order valence-corrected chi connectivity index (χ4v) is 2.93. The summed E-state index contributed by atoms with van der Waals surface area (Å²) in [5, 5.41) is 9.14. The van der Waals surface area contributed by atoms with Crippen LogP contribution in [0.4, 0.5) is 0 Å². The van der Waals surface area contributed by atoms with Crippen LogP contribution >= 0.6 is 12.4 Å². The van der Waals surface area contributed by atoms with Gasteiger partial charge in [0.05, 0.1) is 6.04 Å². The lowest BCUT2D eigenvalue weighted by molar-refractivity contribution is -0.124. The molecule has 0 aromatic heterocycles. The van der Waals surface area contributed by atoms with Crippen molar-refractivity contribution in [1.82, 2.24) is 16.0 Å². The monoisotopic (exact) mass is 381 g/mol. The Morgan fingerprint density at radius 1 is 1.12 bits per heavy atom. The van der Waals surface area contributed by atoms with Gasteiger partial charge in [-0.15, -0.1) is 12.4 Å². The van der Waals surface area contributed by atoms with Gasteiger partial charge in [0.15, 0.2) is 6.61 Å². The second-order valence-electron chi connectivity index (χ2n) is 6.82. The molecule has 3 rings (SSSR count). The standard InChI is InChI=1S/C19H27N3O3.ClH/c23-18(22-15-6-7-15)13-25-16-8-4-14(5-9-16)10-12-21-19(24)17-3-1-2-11-20-17;/h4-5,8-9,15,17,20H,1-3,6-7,10-13H2,(H,21,24)(H,22,23);1H. The lowest BCUT2D eigenvalue weighted by Gasteiger charge is -2.22. The number of carbonyl (C=O) groups excluding carboxylic acids is 2. The van der Waals surface area contributed by atoms with Gasteiger partial charge in [-0.1, -0.05) is 18.6 Å². The van der Waals surface area contributed by atoms with Crippen molar-refractivity contribution in [2.75, 3.05) is 19.7 Å². The topological polar surface area (TPSA) is 79.5 Å². The average molecular weight is 382 g/mol. The number of hydrogen-bond donors (Lipinski definition) is 3. The molecule has 1 unspecified atom stereocenters. The summed E-state index contributed by atoms with van der Waals surface area (Å²) in [7, 11) is 0. The molecule has 1 aliphatic carbocycles. The molecule has 7 heteroatoms. The number of rotatable bonds is 8. The molecule has 1 atom stereocenters. The van der Waals surface area contributed by atoms with E-state index in [2.05, 4.69) is 16.0 Å². The minimum Gasteiger partial charge on any atom is -0.484 e. The van der Waals surface area contributed by atoms with E-state index in [0.29, 0.717) is 18.3 Å². The predicted octanol–water partition coefficient (Wildman–Crippen LogP) is 1.57. The Balaban J connectivity index is 0.00000243. The van der Waals surface area contributed by atoms with Gasteiger partial charge in [0.1, 0.15) is 5.75 Å². The Morgan fingerprint density at radius 2 is 1.88 bits per heavy atom. The summed E-state index contributed by atoms with van der Waals surface area (Å²) in [5.41, 5.74) is 1.13. The van der Waals surface area contributed by atoms with Gasteiger partial charge >= 0.3 is 0 Å². The van der Waals surface area contributed by atoms with Crippen molar-refractivity contribution in [1.29, 1.82) is 0 Å². The summed E-state index contributed by atoms with van der Waals surface area (Å²) >= 11 is 0. The molecule has 2 amide bonds. The zero-order chi connectivity index (χ0) is 17.5. The number of piperidine rings is 1. The van der Waals surface area contributed by atoms with Crippen LogP contribution in [0.1, 0.15) is 37.7 Å². The average Bonchev–Trinajstić information content (AvgIpc) is 3.45. The van der Waals surface area contributed by atoms with Crippen molar-refractivity contribution in [3.05, 3.63) is 29.8 Å². The van der Waals surface area contributed by atoms with Gasteiger partial charge in [-0.2, -0.15) is 0 Å². The van der Waals surface area contributed by atoms with E-state index in [4.69, 9.17) is 4.74 Å². The highest BCUT2D eigenvalue weighted by Crippen LogP contribution is 2.18. The highest BCUT2D eigenvalue weighted by Gasteiger charge is 2.23. The number of carbonyl (C=O) groups is 2. The molecule has 0 radical (unpaired) electrons. The Bertz CT molecular complexity index is 584. The number of amides is 2. The van der Waals surface area contributed by atoms with Gasteiger partial charge in [0.25, 0.3) is 5.91 Å². The van der Waals surface area contributed by atoms with Crippen LogP contribution in [0.15, 0.2) is 24.3 Å². The van der Waals surface area contributed by atoms with Crippen LogP contribution in [-0.4, -0.2) is 43.6 Å². The molecular formula is C19H28ClN3O3. The first-order chi connectivity index (χ1) is 12.2. The van der Waals surface area contributed by atoms with Crippen molar-refractivity contribution < 1.29 is 14.3 Å². The lowest BCUT2D eigenvalue weighted by atomic mass is 10.0. The van der Waals surface area contributed by atoms with Crippen LogP contribution in [0, 0.1) is 0 Å². The molecule has 1 saturated carbocycles. The third-order valence-corrected chi connectivity index (χ3v) is 4.58. The van der Waals surface area contributed by atoms with Crippen molar-refractivity contribution in [2.24, 2.45) is 0 Å². The molecule has 1 aromatic carbocycles. The Labute approximate surface area is 160 Å². The molecule has 1 heterocycles. The van der Waals surface area contributed by atoms with Gasteiger partial charge in [0, 0.05) is 12.6 Å². The Kier molecular flexibility index (Phi) is 8.19. The second-order valence-corrected chi connectivity index (χ2v) is 6.82. The van der Waals surface area contributed by atoms with Crippen LogP contribution in [0.3, 0.4) is 0 Å². The number of benzene rings is 1. The lowest BCUT2D eigenvalue weighted by Crippen LogP contribution is -2.47. The van der Waals surface area contributed by atoms with Crippen molar-refractivity contribution in [3.63, 3.8) is 0 Å². The predicted molar refractivity (Wildman–Crippen MR) is 103 cm³/mol. The third kappa shape index (κ3) is 6.84. The summed E-state index contributed by atoms with van der Waals surface area (Å²) in [6, 6.07) is 8.00. The van der Waals surface area contributed by atoms with Crippen molar-refractivity contribution in [2.45, 2.75) is 50.6 Å². The third-order valence-electron chi connectivity index (χ3n) is 4.58. The maximum Gasteiger partial charge on any atom is 0.258 e. The quantitative estimate of drug-likeness (QED) is 0.638. The van der Waals surface area contributed by atoms with Crippen LogP contribution in [0.2, 0.25) is 0 Å². The van der Waals surface area contributed by atoms with Crippen molar-refractivity contribution in [3.8, 4) is 5.75 Å². The van der Waals surface area contributed by atoms with E-state index in [9.17, 15) is 9.59 Å². The Morgan fingerprint density at radius 3 is 2.54 bits per heavy atom. The molecule has 0 spiro atoms. The number of hydrogen-bond acceptors (Lipinski definition) is 4. The summed E-state index contributed by atoms with van der Waals surface area (Å²) in [4.78, 5) is 23.6. The van der Waals surface area contributed by atoms with E-state index in [1.54, 1.807) is 0 Å². The SMILES string of the molecule is Cl.O=C(COc1ccc(CCNC(=O)C2CCCCN2)cc1)NC1CC1. The van der Waals surface area contributed by atoms with E-state index >= 15 is 0 Å². The fourth-order valence-electron chi connectivity index (χ4n) is 2.93. The molecule has 144 valence electrons. The minimum absolute atomic E-state index is 0. The van der Waals surface area contributed by atoms with Crippen LogP contribution in [0.25, 0.3) is 0 Å². The number of ether oxygens (including phenoxy) is 1. The van der Waals surface area contributed by atoms with Gasteiger partial charge in [-0.05, 0) is 56.3 Å². The normalized spacial score (nSPS) is 19.2. The molecule has 1 aliphatic heterocycles. The molecule has 0 bridgehead atoms. The smallest absolute Gasteiger partial charge is 0.258 e. The zero-order valence-corrected chi connectivity index (χ0v) is 15.8. The zero-order valence-electron chi connectivity index (χ0n) is 15.0. The molecule has 1 aromatic rings. The van der Waals surface area contributed by atoms with Crippen molar-refractivity contribution >= 4 is 24.2 Å². The van der Waals surface area contributed by atoms with Crippen LogP contribution < -0.4 is 20.7 Å². The molecular weight excluding hydrogens is 354 g/mol. The summed E-state index contributed by atoms with van der Waals surface area (Å²) in [6.07, 6.45) is 6.13. The van der Waals surface area contributed by atoms with E-state index in [1.165, 1.54) is 0 Å². The number of nitrogens with one attached hydrogen (secondary N) is 3. The van der Waals surface area contributed by atoms with E-state index in [-0.39, 0.29) is 36.9 Å². The first-order valence-corrected chi connectivity index (χ1v) is 9.23. The molecule has 3 N–H and O–H groups in total. The summed E-state index contributed by atoms with van der Waals surface area (Å²) in [5.74, 6) is 0.720. The Hall–Kier alpha value is -1.79. The molecule has 2 aliphatic rings. The minimum atomic E-state index is -0.0642. The van der Waals surface area contributed by atoms with E-state index in [1.807, 2.05) is 24.3 Å². The highest BCUT2D eigenvalue weighted by molar-refractivity contribution is 5.85. The first-order valence-electron chi connectivity index (χ1n) is 9.23. The fraction of sp³-hybridized carbons (Fsp3) is 0.579. The van der Waals surface area contributed by atoms with Crippen LogP contribution in [-0.2, 0) is 16.0 Å².